The zero-order chi connectivity index (χ0) is 16.7. The zero-order valence-electron chi connectivity index (χ0n) is 12.9. The molecular weight excluding hydrogens is 324 g/mol. The third-order valence-electron chi connectivity index (χ3n) is 3.97. The second-order valence-electron chi connectivity index (χ2n) is 5.51. The molecule has 24 heavy (non-hydrogen) atoms. The average Bonchev–Trinajstić information content (AvgIpc) is 3.23. The molecule has 1 N–H and O–H groups in total. The second kappa shape index (κ2) is 5.65. The number of phenols is 1. The molecule has 0 saturated heterocycles. The fraction of sp³-hybridized carbons (Fsp3) is 0.111. The SMILES string of the molecule is Cn1cc(-c2scnc2Oc2ccccc2O)c2c(c1=O)CC=C2. The number of benzene rings is 1. The Morgan fingerprint density at radius 3 is 3.00 bits per heavy atom. The summed E-state index contributed by atoms with van der Waals surface area (Å²) in [4.78, 5) is 17.4. The normalized spacial score (nSPS) is 12.4. The monoisotopic (exact) mass is 338 g/mol. The van der Waals surface area contributed by atoms with Crippen molar-refractivity contribution in [3.05, 3.63) is 63.5 Å². The highest BCUT2D eigenvalue weighted by atomic mass is 32.1. The number of aromatic nitrogens is 2. The van der Waals surface area contributed by atoms with Crippen molar-refractivity contribution in [3.63, 3.8) is 0 Å². The zero-order valence-corrected chi connectivity index (χ0v) is 13.7. The highest BCUT2D eigenvalue weighted by molar-refractivity contribution is 7.13. The maximum Gasteiger partial charge on any atom is 0.254 e. The number of aryl methyl sites for hydroxylation is 1. The van der Waals surface area contributed by atoms with Gasteiger partial charge in [0.15, 0.2) is 11.5 Å². The molecule has 1 aliphatic carbocycles. The van der Waals surface area contributed by atoms with Gasteiger partial charge in [0.05, 0.1) is 5.51 Å². The summed E-state index contributed by atoms with van der Waals surface area (Å²) in [5, 5.41) is 9.90. The highest BCUT2D eigenvalue weighted by Gasteiger charge is 2.21. The van der Waals surface area contributed by atoms with E-state index in [4.69, 9.17) is 4.74 Å². The first kappa shape index (κ1) is 14.7. The topological polar surface area (TPSA) is 64.3 Å². The highest BCUT2D eigenvalue weighted by Crippen LogP contribution is 2.40. The maximum absolute atomic E-state index is 12.2. The van der Waals surface area contributed by atoms with Gasteiger partial charge in [-0.25, -0.2) is 4.98 Å². The Morgan fingerprint density at radius 2 is 2.17 bits per heavy atom. The number of aromatic hydroxyl groups is 1. The molecule has 4 rings (SSSR count). The van der Waals surface area contributed by atoms with Crippen molar-refractivity contribution in [2.24, 2.45) is 7.05 Å². The van der Waals surface area contributed by atoms with Gasteiger partial charge in [0.2, 0.25) is 5.88 Å². The summed E-state index contributed by atoms with van der Waals surface area (Å²) in [5.41, 5.74) is 4.34. The molecule has 0 bridgehead atoms. The van der Waals surface area contributed by atoms with Crippen LogP contribution in [-0.2, 0) is 13.5 Å². The Hall–Kier alpha value is -2.86. The maximum atomic E-state index is 12.2. The van der Waals surface area contributed by atoms with E-state index in [0.717, 1.165) is 21.6 Å². The van der Waals surface area contributed by atoms with Crippen LogP contribution in [0, 0.1) is 0 Å². The number of para-hydroxylation sites is 2. The van der Waals surface area contributed by atoms with Crippen molar-refractivity contribution in [2.75, 3.05) is 0 Å². The van der Waals surface area contributed by atoms with Crippen LogP contribution in [-0.4, -0.2) is 14.7 Å². The molecular formula is C18H14N2O3S. The van der Waals surface area contributed by atoms with Crippen molar-refractivity contribution in [1.29, 1.82) is 0 Å². The van der Waals surface area contributed by atoms with Gasteiger partial charge in [-0.3, -0.25) is 4.79 Å². The fourth-order valence-corrected chi connectivity index (χ4v) is 3.55. The third kappa shape index (κ3) is 2.32. The molecule has 3 aromatic rings. The molecule has 0 atom stereocenters. The predicted molar refractivity (Wildman–Crippen MR) is 93.7 cm³/mol. The first-order valence-electron chi connectivity index (χ1n) is 7.44. The summed E-state index contributed by atoms with van der Waals surface area (Å²) < 4.78 is 7.39. The third-order valence-corrected chi connectivity index (χ3v) is 4.82. The first-order chi connectivity index (χ1) is 11.6. The lowest BCUT2D eigenvalue weighted by atomic mass is 10.1. The van der Waals surface area contributed by atoms with E-state index >= 15 is 0 Å². The van der Waals surface area contributed by atoms with Crippen LogP contribution in [0.1, 0.15) is 11.1 Å². The quantitative estimate of drug-likeness (QED) is 0.793. The van der Waals surface area contributed by atoms with E-state index in [1.807, 2.05) is 18.3 Å². The second-order valence-corrected chi connectivity index (χ2v) is 6.37. The van der Waals surface area contributed by atoms with Crippen molar-refractivity contribution in [1.82, 2.24) is 9.55 Å². The summed E-state index contributed by atoms with van der Waals surface area (Å²) in [5.74, 6) is 0.825. The minimum absolute atomic E-state index is 0.0198. The lowest BCUT2D eigenvalue weighted by Gasteiger charge is -2.11. The van der Waals surface area contributed by atoms with E-state index in [1.165, 1.54) is 11.3 Å². The standard InChI is InChI=1S/C18H14N2O3S/c1-20-9-13(11-5-4-6-12(11)18(20)22)16-17(19-10-24-16)23-15-8-3-2-7-14(15)21/h2-5,7-10,21H,6H2,1H3. The van der Waals surface area contributed by atoms with E-state index in [2.05, 4.69) is 4.98 Å². The van der Waals surface area contributed by atoms with E-state index in [1.54, 1.807) is 41.4 Å². The number of hydrogen-bond acceptors (Lipinski definition) is 5. The summed E-state index contributed by atoms with van der Waals surface area (Å²) >= 11 is 1.44. The van der Waals surface area contributed by atoms with Crippen LogP contribution < -0.4 is 10.3 Å². The summed E-state index contributed by atoms with van der Waals surface area (Å²) in [7, 11) is 1.75. The van der Waals surface area contributed by atoms with Gasteiger partial charge in [-0.1, -0.05) is 24.3 Å². The molecule has 0 unspecified atom stereocenters. The van der Waals surface area contributed by atoms with Gasteiger partial charge in [-0.15, -0.1) is 11.3 Å². The number of pyridine rings is 1. The Morgan fingerprint density at radius 1 is 1.33 bits per heavy atom. The van der Waals surface area contributed by atoms with Gasteiger partial charge in [0, 0.05) is 24.4 Å². The predicted octanol–water partition coefficient (Wildman–Crippen LogP) is 3.58. The van der Waals surface area contributed by atoms with Gasteiger partial charge in [0.1, 0.15) is 4.88 Å². The average molecular weight is 338 g/mol. The molecule has 0 aliphatic heterocycles. The van der Waals surface area contributed by atoms with Crippen molar-refractivity contribution < 1.29 is 9.84 Å². The van der Waals surface area contributed by atoms with Gasteiger partial charge in [0.25, 0.3) is 5.56 Å². The molecule has 1 aromatic carbocycles. The molecule has 1 aliphatic rings. The van der Waals surface area contributed by atoms with Crippen molar-refractivity contribution in [3.8, 4) is 27.8 Å². The minimum Gasteiger partial charge on any atom is -0.504 e. The summed E-state index contributed by atoms with van der Waals surface area (Å²) in [6.45, 7) is 0. The number of thiazole rings is 1. The Bertz CT molecular complexity index is 1020. The van der Waals surface area contributed by atoms with Gasteiger partial charge < -0.3 is 14.4 Å². The molecule has 2 heterocycles. The van der Waals surface area contributed by atoms with Crippen LogP contribution in [0.25, 0.3) is 16.5 Å². The Kier molecular flexibility index (Phi) is 3.46. The largest absolute Gasteiger partial charge is 0.504 e. The lowest BCUT2D eigenvalue weighted by Crippen LogP contribution is -2.21. The number of phenolic OH excluding ortho intramolecular Hbond substituents is 1. The van der Waals surface area contributed by atoms with E-state index in [-0.39, 0.29) is 11.3 Å². The molecule has 0 spiro atoms. The number of rotatable bonds is 3. The lowest BCUT2D eigenvalue weighted by molar-refractivity contribution is 0.405. The Labute approximate surface area is 142 Å². The molecule has 0 fully saturated rings. The van der Waals surface area contributed by atoms with Crippen molar-refractivity contribution >= 4 is 17.4 Å². The van der Waals surface area contributed by atoms with Crippen LogP contribution in [0.5, 0.6) is 17.4 Å². The van der Waals surface area contributed by atoms with Crippen LogP contribution in [0.15, 0.2) is 46.8 Å². The molecule has 5 nitrogen and oxygen atoms in total. The summed E-state index contributed by atoms with van der Waals surface area (Å²) in [6.07, 6.45) is 6.40. The molecule has 0 amide bonds. The number of nitrogens with zero attached hydrogens (tertiary/aromatic N) is 2. The van der Waals surface area contributed by atoms with Crippen LogP contribution >= 0.6 is 11.3 Å². The minimum atomic E-state index is 0.0198. The molecule has 120 valence electrons. The van der Waals surface area contributed by atoms with E-state index < -0.39 is 0 Å². The molecule has 6 heteroatoms. The number of allylic oxidation sites excluding steroid dienone is 1. The molecule has 0 radical (unpaired) electrons. The van der Waals surface area contributed by atoms with Crippen LogP contribution in [0.4, 0.5) is 0 Å². The Balaban J connectivity index is 1.83. The molecule has 2 aromatic heterocycles. The smallest absolute Gasteiger partial charge is 0.254 e. The van der Waals surface area contributed by atoms with Gasteiger partial charge in [-0.05, 0) is 24.1 Å². The number of ether oxygens (including phenoxy) is 1. The first-order valence-corrected chi connectivity index (χ1v) is 8.32. The van der Waals surface area contributed by atoms with E-state index in [0.29, 0.717) is 18.1 Å². The van der Waals surface area contributed by atoms with Gasteiger partial charge in [-0.2, -0.15) is 0 Å². The number of fused-ring (bicyclic) bond motifs is 1. The van der Waals surface area contributed by atoms with Crippen molar-refractivity contribution in [2.45, 2.75) is 6.42 Å². The van der Waals surface area contributed by atoms with Crippen LogP contribution in [0.3, 0.4) is 0 Å². The number of hydrogen-bond donors (Lipinski definition) is 1. The van der Waals surface area contributed by atoms with E-state index in [9.17, 15) is 9.90 Å². The molecule has 0 saturated carbocycles. The van der Waals surface area contributed by atoms with Crippen LogP contribution in [0.2, 0.25) is 0 Å². The summed E-state index contributed by atoms with van der Waals surface area (Å²) in [6, 6.07) is 6.76. The fourth-order valence-electron chi connectivity index (χ4n) is 2.81. The van der Waals surface area contributed by atoms with Gasteiger partial charge >= 0.3 is 0 Å².